The first kappa shape index (κ1) is 9.28. The Hall–Kier alpha value is -1.28. The van der Waals surface area contributed by atoms with Crippen LogP contribution >= 0.6 is 0 Å². The van der Waals surface area contributed by atoms with Crippen LogP contribution in [-0.2, 0) is 11.3 Å². The Morgan fingerprint density at radius 1 is 1.36 bits per heavy atom. The maximum Gasteiger partial charge on any atom is 0.134 e. The molecule has 0 aliphatic carbocycles. The van der Waals surface area contributed by atoms with E-state index in [9.17, 15) is 0 Å². The fourth-order valence-electron chi connectivity index (χ4n) is 1.53. The molecule has 2 aromatic rings. The van der Waals surface area contributed by atoms with E-state index in [2.05, 4.69) is 19.1 Å². The average molecular weight is 190 g/mol. The zero-order valence-electron chi connectivity index (χ0n) is 8.54. The number of ether oxygens (including phenoxy) is 1. The number of aryl methyl sites for hydroxylation is 1. The lowest BCUT2D eigenvalue weighted by atomic mass is 10.1. The van der Waals surface area contributed by atoms with E-state index in [-0.39, 0.29) is 0 Å². The highest BCUT2D eigenvalue weighted by Crippen LogP contribution is 2.22. The maximum absolute atomic E-state index is 5.63. The lowest BCUT2D eigenvalue weighted by molar-refractivity contribution is 0.119. The van der Waals surface area contributed by atoms with Gasteiger partial charge in [0, 0.05) is 12.0 Å². The summed E-state index contributed by atoms with van der Waals surface area (Å²) in [4.78, 5) is 0. The molecule has 0 radical (unpaired) electrons. The molecular weight excluding hydrogens is 176 g/mol. The number of benzene rings is 1. The Kier molecular flexibility index (Phi) is 2.55. The molecule has 1 aromatic carbocycles. The molecule has 14 heavy (non-hydrogen) atoms. The van der Waals surface area contributed by atoms with Crippen LogP contribution in [0.5, 0.6) is 0 Å². The molecule has 74 valence electrons. The Morgan fingerprint density at radius 3 is 2.93 bits per heavy atom. The highest BCUT2D eigenvalue weighted by molar-refractivity contribution is 5.81. The molecule has 1 aromatic heterocycles. The normalized spacial score (nSPS) is 11.0. The van der Waals surface area contributed by atoms with E-state index < -0.39 is 0 Å². The van der Waals surface area contributed by atoms with Crippen molar-refractivity contribution in [2.45, 2.75) is 20.5 Å². The van der Waals surface area contributed by atoms with Crippen molar-refractivity contribution >= 4 is 11.0 Å². The molecule has 0 amide bonds. The lowest BCUT2D eigenvalue weighted by Crippen LogP contribution is -1.88. The molecule has 0 bridgehead atoms. The average Bonchev–Trinajstić information content (AvgIpc) is 2.59. The SMILES string of the molecule is CCOCc1cc2c(C)cccc2o1. The van der Waals surface area contributed by atoms with Gasteiger partial charge >= 0.3 is 0 Å². The van der Waals surface area contributed by atoms with Crippen LogP contribution in [-0.4, -0.2) is 6.61 Å². The smallest absolute Gasteiger partial charge is 0.134 e. The van der Waals surface area contributed by atoms with E-state index in [4.69, 9.17) is 9.15 Å². The van der Waals surface area contributed by atoms with Crippen molar-refractivity contribution in [1.82, 2.24) is 0 Å². The van der Waals surface area contributed by atoms with Gasteiger partial charge in [-0.05, 0) is 31.5 Å². The minimum Gasteiger partial charge on any atom is -0.459 e. The van der Waals surface area contributed by atoms with Crippen LogP contribution in [0.1, 0.15) is 18.2 Å². The topological polar surface area (TPSA) is 22.4 Å². The quantitative estimate of drug-likeness (QED) is 0.741. The molecule has 0 fully saturated rings. The van der Waals surface area contributed by atoms with Gasteiger partial charge in [0.1, 0.15) is 18.0 Å². The van der Waals surface area contributed by atoms with Gasteiger partial charge in [0.15, 0.2) is 0 Å². The van der Waals surface area contributed by atoms with E-state index in [0.29, 0.717) is 6.61 Å². The Bertz CT molecular complexity index is 429. The molecule has 0 spiro atoms. The van der Waals surface area contributed by atoms with Gasteiger partial charge in [-0.15, -0.1) is 0 Å². The summed E-state index contributed by atoms with van der Waals surface area (Å²) >= 11 is 0. The number of fused-ring (bicyclic) bond motifs is 1. The molecule has 0 aliphatic heterocycles. The van der Waals surface area contributed by atoms with Crippen LogP contribution in [0.3, 0.4) is 0 Å². The first-order valence-corrected chi connectivity index (χ1v) is 4.87. The second kappa shape index (κ2) is 3.84. The van der Waals surface area contributed by atoms with Gasteiger partial charge in [0.25, 0.3) is 0 Å². The first-order chi connectivity index (χ1) is 6.81. The Labute approximate surface area is 83.5 Å². The zero-order chi connectivity index (χ0) is 9.97. The van der Waals surface area contributed by atoms with Crippen molar-refractivity contribution in [3.05, 3.63) is 35.6 Å². The van der Waals surface area contributed by atoms with E-state index in [1.807, 2.05) is 19.1 Å². The third-order valence-electron chi connectivity index (χ3n) is 2.28. The van der Waals surface area contributed by atoms with E-state index >= 15 is 0 Å². The largest absolute Gasteiger partial charge is 0.459 e. The summed E-state index contributed by atoms with van der Waals surface area (Å²) in [6.07, 6.45) is 0. The maximum atomic E-state index is 5.63. The van der Waals surface area contributed by atoms with Gasteiger partial charge in [0.05, 0.1) is 0 Å². The highest BCUT2D eigenvalue weighted by atomic mass is 16.5. The second-order valence-corrected chi connectivity index (χ2v) is 3.34. The molecule has 0 saturated carbocycles. The summed E-state index contributed by atoms with van der Waals surface area (Å²) in [6, 6.07) is 8.13. The molecule has 1 heterocycles. The fraction of sp³-hybridized carbons (Fsp3) is 0.333. The van der Waals surface area contributed by atoms with Crippen molar-refractivity contribution in [3.8, 4) is 0 Å². The van der Waals surface area contributed by atoms with Crippen LogP contribution < -0.4 is 0 Å². The summed E-state index contributed by atoms with van der Waals surface area (Å²) < 4.78 is 10.9. The summed E-state index contributed by atoms with van der Waals surface area (Å²) in [6.45, 7) is 5.34. The number of furan rings is 1. The zero-order valence-corrected chi connectivity index (χ0v) is 8.54. The lowest BCUT2D eigenvalue weighted by Gasteiger charge is -1.94. The minimum atomic E-state index is 0.560. The Balaban J connectivity index is 2.36. The number of hydrogen-bond donors (Lipinski definition) is 0. The predicted octanol–water partition coefficient (Wildman–Crippen LogP) is 3.28. The van der Waals surface area contributed by atoms with E-state index in [1.165, 1.54) is 10.9 Å². The number of rotatable bonds is 3. The summed E-state index contributed by atoms with van der Waals surface area (Å²) in [5.74, 6) is 0.899. The van der Waals surface area contributed by atoms with Crippen LogP contribution in [0.2, 0.25) is 0 Å². The van der Waals surface area contributed by atoms with Crippen molar-refractivity contribution in [2.24, 2.45) is 0 Å². The third kappa shape index (κ3) is 1.66. The molecule has 0 N–H and O–H groups in total. The third-order valence-corrected chi connectivity index (χ3v) is 2.28. The second-order valence-electron chi connectivity index (χ2n) is 3.34. The van der Waals surface area contributed by atoms with Gasteiger partial charge in [0.2, 0.25) is 0 Å². The standard InChI is InChI=1S/C12H14O2/c1-3-13-8-10-7-11-9(2)5-4-6-12(11)14-10/h4-7H,3,8H2,1-2H3. The molecule has 0 unspecified atom stereocenters. The van der Waals surface area contributed by atoms with E-state index in [0.717, 1.165) is 18.0 Å². The minimum absolute atomic E-state index is 0.560. The van der Waals surface area contributed by atoms with Gasteiger partial charge in [-0.25, -0.2) is 0 Å². The van der Waals surface area contributed by atoms with Gasteiger partial charge in [-0.1, -0.05) is 12.1 Å². The Morgan fingerprint density at radius 2 is 2.21 bits per heavy atom. The summed E-state index contributed by atoms with van der Waals surface area (Å²) in [5.41, 5.74) is 2.19. The molecule has 0 saturated heterocycles. The van der Waals surface area contributed by atoms with Gasteiger partial charge in [-0.3, -0.25) is 0 Å². The number of hydrogen-bond acceptors (Lipinski definition) is 2. The molecule has 2 nitrogen and oxygen atoms in total. The summed E-state index contributed by atoms with van der Waals surface area (Å²) in [5, 5.41) is 1.18. The molecule has 0 aliphatic rings. The fourth-order valence-corrected chi connectivity index (χ4v) is 1.53. The predicted molar refractivity (Wildman–Crippen MR) is 56.3 cm³/mol. The highest BCUT2D eigenvalue weighted by Gasteiger charge is 2.04. The molecule has 2 heteroatoms. The first-order valence-electron chi connectivity index (χ1n) is 4.87. The van der Waals surface area contributed by atoms with Crippen molar-refractivity contribution in [3.63, 3.8) is 0 Å². The van der Waals surface area contributed by atoms with E-state index in [1.54, 1.807) is 0 Å². The monoisotopic (exact) mass is 190 g/mol. The molecule has 2 rings (SSSR count). The van der Waals surface area contributed by atoms with Gasteiger partial charge < -0.3 is 9.15 Å². The van der Waals surface area contributed by atoms with Crippen molar-refractivity contribution in [2.75, 3.05) is 6.61 Å². The van der Waals surface area contributed by atoms with Gasteiger partial charge in [-0.2, -0.15) is 0 Å². The van der Waals surface area contributed by atoms with Crippen LogP contribution in [0.25, 0.3) is 11.0 Å². The van der Waals surface area contributed by atoms with Crippen LogP contribution in [0, 0.1) is 6.92 Å². The summed E-state index contributed by atoms with van der Waals surface area (Å²) in [7, 11) is 0. The van der Waals surface area contributed by atoms with Crippen LogP contribution in [0.4, 0.5) is 0 Å². The van der Waals surface area contributed by atoms with Crippen LogP contribution in [0.15, 0.2) is 28.7 Å². The van der Waals surface area contributed by atoms with Crippen molar-refractivity contribution in [1.29, 1.82) is 0 Å². The van der Waals surface area contributed by atoms with Crippen molar-refractivity contribution < 1.29 is 9.15 Å². The molecule has 0 atom stereocenters. The molecular formula is C12H14O2.